The Hall–Kier alpha value is -1.37. The second kappa shape index (κ2) is 5.86. The highest BCUT2D eigenvalue weighted by atomic mass is 32.2. The number of sulfonamides is 1. The normalized spacial score (nSPS) is 24.3. The summed E-state index contributed by atoms with van der Waals surface area (Å²) in [6.07, 6.45) is 4.27. The smallest absolute Gasteiger partial charge is 0.222 e. The Morgan fingerprint density at radius 3 is 2.79 bits per heavy atom. The Morgan fingerprint density at radius 2 is 2.08 bits per heavy atom. The molecule has 0 amide bonds. The Balaban J connectivity index is 1.71. The second-order valence-electron chi connectivity index (χ2n) is 7.06. The first-order chi connectivity index (χ1) is 11.6. The van der Waals surface area contributed by atoms with E-state index in [-0.39, 0.29) is 6.04 Å². The van der Waals surface area contributed by atoms with Crippen molar-refractivity contribution in [2.24, 2.45) is 0 Å². The Labute approximate surface area is 143 Å². The number of piperidine rings is 1. The first kappa shape index (κ1) is 16.1. The van der Waals surface area contributed by atoms with Gasteiger partial charge in [0.1, 0.15) is 4.75 Å². The van der Waals surface area contributed by atoms with Crippen molar-refractivity contribution in [3.63, 3.8) is 0 Å². The van der Waals surface area contributed by atoms with Gasteiger partial charge in [0.05, 0.1) is 12.6 Å². The first-order valence-electron chi connectivity index (χ1n) is 8.65. The molecule has 130 valence electrons. The second-order valence-corrected chi connectivity index (χ2v) is 9.34. The molecule has 1 saturated heterocycles. The van der Waals surface area contributed by atoms with Gasteiger partial charge >= 0.3 is 0 Å². The van der Waals surface area contributed by atoms with E-state index >= 15 is 0 Å². The minimum Gasteiger partial charge on any atom is -0.383 e. The summed E-state index contributed by atoms with van der Waals surface area (Å²) in [5, 5.41) is 1.13. The molecule has 6 heteroatoms. The minimum absolute atomic E-state index is 0.0921. The summed E-state index contributed by atoms with van der Waals surface area (Å²) in [6, 6.07) is 10.1. The number of para-hydroxylation sites is 1. The minimum atomic E-state index is -3.36. The van der Waals surface area contributed by atoms with Crippen molar-refractivity contribution in [1.29, 1.82) is 0 Å². The van der Waals surface area contributed by atoms with Gasteiger partial charge in [-0.2, -0.15) is 4.31 Å². The van der Waals surface area contributed by atoms with Gasteiger partial charge < -0.3 is 9.72 Å². The zero-order valence-corrected chi connectivity index (χ0v) is 14.8. The van der Waals surface area contributed by atoms with E-state index in [0.717, 1.165) is 35.9 Å². The molecular weight excluding hydrogens is 324 g/mol. The molecule has 1 atom stereocenters. The van der Waals surface area contributed by atoms with E-state index in [1.807, 2.05) is 18.2 Å². The van der Waals surface area contributed by atoms with Gasteiger partial charge in [-0.3, -0.25) is 0 Å². The van der Waals surface area contributed by atoms with Gasteiger partial charge in [0, 0.05) is 24.9 Å². The number of benzene rings is 1. The molecule has 0 bridgehead atoms. The molecule has 24 heavy (non-hydrogen) atoms. The highest BCUT2D eigenvalue weighted by Crippen LogP contribution is 2.48. The van der Waals surface area contributed by atoms with Crippen molar-refractivity contribution < 1.29 is 13.2 Å². The number of H-pyrrole nitrogens is 1. The zero-order chi connectivity index (χ0) is 16.8. The van der Waals surface area contributed by atoms with E-state index in [4.69, 9.17) is 4.74 Å². The molecule has 1 aliphatic carbocycles. The number of ether oxygens (including phenoxy) is 1. The van der Waals surface area contributed by atoms with Crippen LogP contribution in [0, 0.1) is 0 Å². The average Bonchev–Trinajstić information content (AvgIpc) is 3.26. The van der Waals surface area contributed by atoms with Crippen LogP contribution in [-0.2, 0) is 14.8 Å². The van der Waals surface area contributed by atoms with Crippen LogP contribution in [0.25, 0.3) is 10.9 Å². The quantitative estimate of drug-likeness (QED) is 0.902. The Bertz CT molecular complexity index is 806. The summed E-state index contributed by atoms with van der Waals surface area (Å²) in [5.74, 6) is 0. The lowest BCUT2D eigenvalue weighted by Gasteiger charge is -2.36. The number of aromatic amines is 1. The number of hydrogen-bond acceptors (Lipinski definition) is 3. The summed E-state index contributed by atoms with van der Waals surface area (Å²) in [6.45, 7) is 0.902. The third-order valence-corrected chi connectivity index (χ3v) is 8.11. The summed E-state index contributed by atoms with van der Waals surface area (Å²) >= 11 is 0. The number of methoxy groups -OCH3 is 1. The van der Waals surface area contributed by atoms with Crippen molar-refractivity contribution >= 4 is 20.9 Å². The van der Waals surface area contributed by atoms with Gasteiger partial charge in [0.2, 0.25) is 10.0 Å². The van der Waals surface area contributed by atoms with Crippen molar-refractivity contribution in [3.8, 4) is 0 Å². The monoisotopic (exact) mass is 348 g/mol. The van der Waals surface area contributed by atoms with Crippen LogP contribution in [0.4, 0.5) is 0 Å². The van der Waals surface area contributed by atoms with Crippen molar-refractivity contribution in [2.75, 3.05) is 20.3 Å². The summed E-state index contributed by atoms with van der Waals surface area (Å²) in [5.41, 5.74) is 2.07. The van der Waals surface area contributed by atoms with Gasteiger partial charge in [-0.25, -0.2) is 8.42 Å². The number of aromatic nitrogens is 1. The van der Waals surface area contributed by atoms with Gasteiger partial charge in [0.25, 0.3) is 0 Å². The van der Waals surface area contributed by atoms with E-state index in [1.165, 1.54) is 0 Å². The SMILES string of the molecule is COCC1(S(=O)(=O)N2CCCCC2c2cc3ccccc3[nH]2)CC1. The summed E-state index contributed by atoms with van der Waals surface area (Å²) < 4.78 is 32.9. The van der Waals surface area contributed by atoms with Crippen LogP contribution in [0.3, 0.4) is 0 Å². The molecule has 1 aromatic carbocycles. The molecular formula is C18H24N2O3S. The lowest BCUT2D eigenvalue weighted by atomic mass is 10.0. The molecule has 1 N–H and O–H groups in total. The predicted molar refractivity (Wildman–Crippen MR) is 94.4 cm³/mol. The number of hydrogen-bond donors (Lipinski definition) is 1. The standard InChI is InChI=1S/C18H24N2O3S/c1-23-13-18(9-10-18)24(21,22)20-11-5-4-8-17(20)16-12-14-6-2-3-7-15(14)19-16/h2-3,6-7,12,17,19H,4-5,8-11,13H2,1H3. The maximum atomic E-state index is 13.3. The van der Waals surface area contributed by atoms with Gasteiger partial charge in [0.15, 0.2) is 0 Å². The number of nitrogens with zero attached hydrogens (tertiary/aromatic N) is 1. The molecule has 2 aliphatic rings. The maximum absolute atomic E-state index is 13.3. The lowest BCUT2D eigenvalue weighted by Crippen LogP contribution is -2.46. The van der Waals surface area contributed by atoms with E-state index < -0.39 is 14.8 Å². The number of rotatable bonds is 5. The summed E-state index contributed by atoms with van der Waals surface area (Å²) in [4.78, 5) is 3.43. The molecule has 1 saturated carbocycles. The van der Waals surface area contributed by atoms with Gasteiger partial charge in [-0.05, 0) is 43.2 Å². The number of nitrogens with one attached hydrogen (secondary N) is 1. The highest BCUT2D eigenvalue weighted by molar-refractivity contribution is 7.90. The van der Waals surface area contributed by atoms with Gasteiger partial charge in [-0.1, -0.05) is 24.6 Å². The van der Waals surface area contributed by atoms with Crippen LogP contribution in [-0.4, -0.2) is 42.7 Å². The highest BCUT2D eigenvalue weighted by Gasteiger charge is 2.58. The van der Waals surface area contributed by atoms with Crippen LogP contribution in [0.1, 0.15) is 43.8 Å². The van der Waals surface area contributed by atoms with Crippen molar-refractivity contribution in [3.05, 3.63) is 36.0 Å². The van der Waals surface area contributed by atoms with Crippen LogP contribution < -0.4 is 0 Å². The molecule has 1 aromatic heterocycles. The third-order valence-electron chi connectivity index (χ3n) is 5.43. The van der Waals surface area contributed by atoms with E-state index in [9.17, 15) is 8.42 Å². The van der Waals surface area contributed by atoms with Crippen LogP contribution >= 0.6 is 0 Å². The van der Waals surface area contributed by atoms with E-state index in [0.29, 0.717) is 26.0 Å². The van der Waals surface area contributed by atoms with Crippen molar-refractivity contribution in [1.82, 2.24) is 9.29 Å². The number of fused-ring (bicyclic) bond motifs is 1. The molecule has 2 aromatic rings. The fraction of sp³-hybridized carbons (Fsp3) is 0.556. The van der Waals surface area contributed by atoms with Crippen LogP contribution in [0.2, 0.25) is 0 Å². The molecule has 5 nitrogen and oxygen atoms in total. The molecule has 1 unspecified atom stereocenters. The molecule has 0 radical (unpaired) electrons. The Morgan fingerprint density at radius 1 is 1.29 bits per heavy atom. The van der Waals surface area contributed by atoms with E-state index in [2.05, 4.69) is 17.1 Å². The first-order valence-corrected chi connectivity index (χ1v) is 10.1. The largest absolute Gasteiger partial charge is 0.383 e. The third kappa shape index (κ3) is 2.48. The fourth-order valence-corrected chi connectivity index (χ4v) is 6.21. The van der Waals surface area contributed by atoms with Crippen LogP contribution in [0.5, 0.6) is 0 Å². The molecule has 0 spiro atoms. The average molecular weight is 348 g/mol. The molecule has 4 rings (SSSR count). The zero-order valence-electron chi connectivity index (χ0n) is 14.0. The van der Waals surface area contributed by atoms with Crippen LogP contribution in [0.15, 0.2) is 30.3 Å². The van der Waals surface area contributed by atoms with Crippen molar-refractivity contribution in [2.45, 2.75) is 42.9 Å². The topological polar surface area (TPSA) is 62.4 Å². The molecule has 2 heterocycles. The molecule has 2 fully saturated rings. The summed E-state index contributed by atoms with van der Waals surface area (Å²) in [7, 11) is -1.77. The Kier molecular flexibility index (Phi) is 3.94. The van der Waals surface area contributed by atoms with E-state index in [1.54, 1.807) is 11.4 Å². The predicted octanol–water partition coefficient (Wildman–Crippen LogP) is 3.20. The van der Waals surface area contributed by atoms with Gasteiger partial charge in [-0.15, -0.1) is 0 Å². The maximum Gasteiger partial charge on any atom is 0.222 e. The molecule has 1 aliphatic heterocycles. The fourth-order valence-electron chi connectivity index (χ4n) is 3.91. The lowest BCUT2D eigenvalue weighted by molar-refractivity contribution is 0.183.